The highest BCUT2D eigenvalue weighted by Gasteiger charge is 2.44. The van der Waals surface area contributed by atoms with Crippen molar-refractivity contribution < 1.29 is 13.2 Å². The minimum atomic E-state index is -3.52. The number of benzene rings is 1. The van der Waals surface area contributed by atoms with Crippen LogP contribution in [-0.4, -0.2) is 42.5 Å². The summed E-state index contributed by atoms with van der Waals surface area (Å²) < 4.78 is 26.0. The van der Waals surface area contributed by atoms with Crippen molar-refractivity contribution >= 4 is 16.1 Å². The first-order chi connectivity index (χ1) is 10.0. The highest BCUT2D eigenvalue weighted by Crippen LogP contribution is 2.35. The third kappa shape index (κ3) is 2.41. The summed E-state index contributed by atoms with van der Waals surface area (Å²) in [6, 6.07) is 7.15. The van der Waals surface area contributed by atoms with E-state index in [1.54, 1.807) is 4.90 Å². The molecule has 2 heterocycles. The first kappa shape index (κ1) is 14.4. The molecule has 21 heavy (non-hydrogen) atoms. The number of hydrogen-bond acceptors (Lipinski definition) is 3. The van der Waals surface area contributed by atoms with Crippen LogP contribution >= 0.6 is 0 Å². The van der Waals surface area contributed by atoms with Crippen LogP contribution in [0.5, 0.6) is 0 Å². The van der Waals surface area contributed by atoms with Crippen LogP contribution < -0.4 is 0 Å². The van der Waals surface area contributed by atoms with E-state index in [0.717, 1.165) is 28.3 Å². The number of rotatable bonds is 3. The summed E-state index contributed by atoms with van der Waals surface area (Å²) in [7, 11) is -3.52. The first-order valence-corrected chi connectivity index (χ1v) is 9.04. The second kappa shape index (κ2) is 5.33. The molecule has 1 saturated heterocycles. The highest BCUT2D eigenvalue weighted by atomic mass is 32.2. The second-order valence-electron chi connectivity index (χ2n) is 5.64. The van der Waals surface area contributed by atoms with Gasteiger partial charge in [-0.3, -0.25) is 0 Å². The van der Waals surface area contributed by atoms with Gasteiger partial charge < -0.3 is 4.90 Å². The van der Waals surface area contributed by atoms with E-state index in [9.17, 15) is 13.2 Å². The number of amides is 2. The van der Waals surface area contributed by atoms with E-state index in [1.807, 2.05) is 31.2 Å². The molecule has 1 aromatic carbocycles. The minimum absolute atomic E-state index is 0.000528. The number of hydrogen-bond donors (Lipinski definition) is 0. The summed E-state index contributed by atoms with van der Waals surface area (Å²) >= 11 is 0. The summed E-state index contributed by atoms with van der Waals surface area (Å²) in [5.74, 6) is -0.000528. The van der Waals surface area contributed by atoms with Crippen molar-refractivity contribution in [3.05, 3.63) is 35.4 Å². The zero-order valence-electron chi connectivity index (χ0n) is 12.2. The van der Waals surface area contributed by atoms with Crippen LogP contribution in [0, 0.1) is 0 Å². The summed E-state index contributed by atoms with van der Waals surface area (Å²) in [4.78, 5) is 14.3. The quantitative estimate of drug-likeness (QED) is 0.859. The summed E-state index contributed by atoms with van der Waals surface area (Å²) in [6.45, 7) is 2.88. The van der Waals surface area contributed by atoms with Crippen LogP contribution in [0.2, 0.25) is 0 Å². The number of carbonyl (C=O) groups excluding carboxylic acids is 1. The molecule has 3 rings (SSSR count). The third-order valence-corrected chi connectivity index (χ3v) is 6.04. The van der Waals surface area contributed by atoms with E-state index in [4.69, 9.17) is 0 Å². The van der Waals surface area contributed by atoms with Gasteiger partial charge in [0.05, 0.1) is 11.8 Å². The van der Waals surface area contributed by atoms with Crippen molar-refractivity contribution in [3.8, 4) is 0 Å². The van der Waals surface area contributed by atoms with Crippen LogP contribution in [0.1, 0.15) is 36.9 Å². The lowest BCUT2D eigenvalue weighted by atomic mass is 9.94. The van der Waals surface area contributed by atoms with Crippen molar-refractivity contribution in [1.82, 2.24) is 9.21 Å². The predicted octanol–water partition coefficient (Wildman–Crippen LogP) is 2.15. The van der Waals surface area contributed by atoms with E-state index in [0.29, 0.717) is 19.5 Å². The molecule has 0 saturated carbocycles. The lowest BCUT2D eigenvalue weighted by molar-refractivity contribution is 0.147. The Bertz CT molecular complexity index is 657. The smallest absolute Gasteiger partial charge is 0.315 e. The molecule has 2 aliphatic heterocycles. The molecule has 0 aliphatic carbocycles. The molecular weight excluding hydrogens is 288 g/mol. The van der Waals surface area contributed by atoms with Gasteiger partial charge in [0, 0.05) is 13.1 Å². The average molecular weight is 308 g/mol. The van der Waals surface area contributed by atoms with Gasteiger partial charge in [0.2, 0.25) is 10.0 Å². The Kier molecular flexibility index (Phi) is 3.65. The molecule has 0 aromatic heterocycles. The molecule has 2 aliphatic rings. The number of fused-ring (bicyclic) bond motifs is 3. The van der Waals surface area contributed by atoms with Gasteiger partial charge in [-0.15, -0.1) is 0 Å². The monoisotopic (exact) mass is 308 g/mol. The first-order valence-electron chi connectivity index (χ1n) is 7.43. The van der Waals surface area contributed by atoms with E-state index in [-0.39, 0.29) is 17.8 Å². The van der Waals surface area contributed by atoms with Gasteiger partial charge in [0.1, 0.15) is 0 Å². The van der Waals surface area contributed by atoms with Crippen LogP contribution in [0.15, 0.2) is 24.3 Å². The molecule has 0 spiro atoms. The second-order valence-corrected chi connectivity index (χ2v) is 7.58. The third-order valence-electron chi connectivity index (χ3n) is 4.29. The maximum Gasteiger partial charge on any atom is 0.334 e. The Morgan fingerprint density at radius 1 is 1.29 bits per heavy atom. The van der Waals surface area contributed by atoms with Gasteiger partial charge in [0.15, 0.2) is 0 Å². The minimum Gasteiger partial charge on any atom is -0.315 e. The summed E-state index contributed by atoms with van der Waals surface area (Å²) in [5, 5.41) is 0. The highest BCUT2D eigenvalue weighted by molar-refractivity contribution is 7.89. The molecule has 114 valence electrons. The van der Waals surface area contributed by atoms with Crippen molar-refractivity contribution in [1.29, 1.82) is 0 Å². The predicted molar refractivity (Wildman–Crippen MR) is 80.4 cm³/mol. The Morgan fingerprint density at radius 3 is 2.81 bits per heavy atom. The lowest BCUT2D eigenvalue weighted by Gasteiger charge is -2.44. The normalized spacial score (nSPS) is 23.7. The van der Waals surface area contributed by atoms with Gasteiger partial charge in [-0.25, -0.2) is 17.5 Å². The molecule has 6 heteroatoms. The Hall–Kier alpha value is -1.56. The zero-order chi connectivity index (χ0) is 15.0. The number of sulfonamides is 1. The van der Waals surface area contributed by atoms with E-state index in [2.05, 4.69) is 0 Å². The maximum absolute atomic E-state index is 12.6. The zero-order valence-corrected chi connectivity index (χ0v) is 13.0. The van der Waals surface area contributed by atoms with Crippen LogP contribution in [0.4, 0.5) is 4.79 Å². The van der Waals surface area contributed by atoms with Crippen LogP contribution in [-0.2, 0) is 16.4 Å². The Morgan fingerprint density at radius 2 is 2.05 bits per heavy atom. The molecule has 1 fully saturated rings. The van der Waals surface area contributed by atoms with Gasteiger partial charge in [-0.05, 0) is 24.0 Å². The molecule has 1 unspecified atom stereocenters. The van der Waals surface area contributed by atoms with Crippen LogP contribution in [0.25, 0.3) is 0 Å². The van der Waals surface area contributed by atoms with Gasteiger partial charge in [-0.2, -0.15) is 0 Å². The van der Waals surface area contributed by atoms with E-state index < -0.39 is 10.0 Å². The Balaban J connectivity index is 1.95. The number of unbranched alkanes of at least 4 members (excludes halogenated alkanes) is 1. The van der Waals surface area contributed by atoms with Crippen molar-refractivity contribution in [3.63, 3.8) is 0 Å². The molecule has 5 nitrogen and oxygen atoms in total. The number of nitrogens with zero attached hydrogens (tertiary/aromatic N) is 2. The standard InChI is InChI=1S/C15H20N2O3S/c1-2-3-9-17-15(18)16-10-8-12-6-4-5-7-13(12)14(16)11-21(17,19)20/h4-7,14H,2-3,8-11H2,1H3. The molecule has 0 N–H and O–H groups in total. The molecule has 1 aromatic rings. The molecule has 2 amide bonds. The van der Waals surface area contributed by atoms with Gasteiger partial charge in [-0.1, -0.05) is 37.6 Å². The van der Waals surface area contributed by atoms with Gasteiger partial charge in [0.25, 0.3) is 0 Å². The van der Waals surface area contributed by atoms with Crippen LogP contribution in [0.3, 0.4) is 0 Å². The topological polar surface area (TPSA) is 57.7 Å². The SMILES string of the molecule is CCCCN1C(=O)N2CCc3ccccc3C2CS1(=O)=O. The van der Waals surface area contributed by atoms with Crippen molar-refractivity contribution in [2.75, 3.05) is 18.8 Å². The number of urea groups is 1. The lowest BCUT2D eigenvalue weighted by Crippen LogP contribution is -2.57. The van der Waals surface area contributed by atoms with E-state index in [1.165, 1.54) is 0 Å². The van der Waals surface area contributed by atoms with Crippen molar-refractivity contribution in [2.45, 2.75) is 32.2 Å². The fourth-order valence-electron chi connectivity index (χ4n) is 3.15. The Labute approximate surface area is 125 Å². The largest absolute Gasteiger partial charge is 0.334 e. The number of carbonyl (C=O) groups is 1. The van der Waals surface area contributed by atoms with E-state index >= 15 is 0 Å². The summed E-state index contributed by atoms with van der Waals surface area (Å²) in [5.41, 5.74) is 2.14. The molecule has 0 bridgehead atoms. The van der Waals surface area contributed by atoms with Gasteiger partial charge >= 0.3 is 6.03 Å². The average Bonchev–Trinajstić information content (AvgIpc) is 2.46. The van der Waals surface area contributed by atoms with Crippen molar-refractivity contribution in [2.24, 2.45) is 0 Å². The summed E-state index contributed by atoms with van der Waals surface area (Å²) in [6.07, 6.45) is 2.37. The fraction of sp³-hybridized carbons (Fsp3) is 0.533. The maximum atomic E-state index is 12.6. The fourth-order valence-corrected chi connectivity index (χ4v) is 4.84. The molecule has 0 radical (unpaired) electrons. The molecule has 1 atom stereocenters. The molecular formula is C15H20N2O3S.